The van der Waals surface area contributed by atoms with Crippen molar-refractivity contribution < 1.29 is 22.7 Å². The summed E-state index contributed by atoms with van der Waals surface area (Å²) in [6.07, 6.45) is 1.60. The van der Waals surface area contributed by atoms with Gasteiger partial charge in [0, 0.05) is 18.7 Å². The van der Waals surface area contributed by atoms with Crippen LogP contribution in [-0.4, -0.2) is 38.3 Å². The van der Waals surface area contributed by atoms with Gasteiger partial charge >= 0.3 is 5.97 Å². The highest BCUT2D eigenvalue weighted by atomic mass is 35.5. The Labute approximate surface area is 184 Å². The Hall–Kier alpha value is -2.13. The third kappa shape index (κ3) is 5.13. The van der Waals surface area contributed by atoms with Crippen molar-refractivity contribution in [1.82, 2.24) is 4.90 Å². The van der Waals surface area contributed by atoms with Crippen LogP contribution in [0.2, 0.25) is 10.0 Å². The van der Waals surface area contributed by atoms with Crippen molar-refractivity contribution in [3.05, 3.63) is 63.6 Å². The van der Waals surface area contributed by atoms with Crippen LogP contribution in [0.1, 0.15) is 41.3 Å². The van der Waals surface area contributed by atoms with Crippen LogP contribution in [0.5, 0.6) is 0 Å². The van der Waals surface area contributed by atoms with Gasteiger partial charge in [-0.1, -0.05) is 53.5 Å². The number of benzene rings is 2. The zero-order valence-corrected chi connectivity index (χ0v) is 18.2. The highest BCUT2D eigenvalue weighted by molar-refractivity contribution is 7.89. The van der Waals surface area contributed by atoms with Crippen molar-refractivity contribution in [3.63, 3.8) is 0 Å². The van der Waals surface area contributed by atoms with Crippen LogP contribution in [0.25, 0.3) is 0 Å². The molecule has 1 amide bonds. The molecule has 0 bridgehead atoms. The number of hydrogen-bond donors (Lipinski definition) is 1. The van der Waals surface area contributed by atoms with Crippen LogP contribution < -0.4 is 5.14 Å². The summed E-state index contributed by atoms with van der Waals surface area (Å²) in [7, 11) is -4.19. The number of halogens is 2. The van der Waals surface area contributed by atoms with Crippen molar-refractivity contribution in [2.45, 2.75) is 30.3 Å². The number of primary sulfonamides is 1. The maximum absolute atomic E-state index is 13.1. The number of nitrogens with zero attached hydrogens (tertiary/aromatic N) is 1. The number of piperidine rings is 1. The smallest absolute Gasteiger partial charge is 0.340 e. The summed E-state index contributed by atoms with van der Waals surface area (Å²) in [5.74, 6) is -1.30. The number of likely N-dealkylation sites (tertiary alicyclic amines) is 1. The third-order valence-electron chi connectivity index (χ3n) is 4.77. The lowest BCUT2D eigenvalue weighted by Gasteiger charge is -2.30. The fourth-order valence-corrected chi connectivity index (χ4v) is 4.64. The quantitative estimate of drug-likeness (QED) is 0.672. The van der Waals surface area contributed by atoms with E-state index in [0.717, 1.165) is 31.4 Å². The predicted molar refractivity (Wildman–Crippen MR) is 113 cm³/mol. The molecule has 30 heavy (non-hydrogen) atoms. The first kappa shape index (κ1) is 22.6. The predicted octanol–water partition coefficient (Wildman–Crippen LogP) is 3.55. The van der Waals surface area contributed by atoms with Crippen LogP contribution >= 0.6 is 23.2 Å². The minimum absolute atomic E-state index is 0.116. The fourth-order valence-electron chi connectivity index (χ4n) is 3.24. The van der Waals surface area contributed by atoms with E-state index in [4.69, 9.17) is 33.1 Å². The van der Waals surface area contributed by atoms with Gasteiger partial charge in [0.1, 0.15) is 4.90 Å². The molecule has 1 atom stereocenters. The minimum atomic E-state index is -4.19. The molecule has 1 saturated heterocycles. The molecule has 1 heterocycles. The molecule has 160 valence electrons. The number of sulfonamides is 1. The number of carbonyl (C=O) groups is 2. The van der Waals surface area contributed by atoms with E-state index in [2.05, 4.69) is 0 Å². The summed E-state index contributed by atoms with van der Waals surface area (Å²) in [5, 5.41) is 4.81. The number of hydrogen-bond acceptors (Lipinski definition) is 5. The van der Waals surface area contributed by atoms with Gasteiger partial charge in [0.15, 0.2) is 0 Å². The molecule has 0 spiro atoms. The number of esters is 1. The molecule has 0 saturated carbocycles. The van der Waals surface area contributed by atoms with Gasteiger partial charge < -0.3 is 9.64 Å². The molecular weight excluding hydrogens is 451 g/mol. The number of carbonyl (C=O) groups excluding carboxylic acids is 2. The molecule has 3 rings (SSSR count). The second-order valence-electron chi connectivity index (χ2n) is 6.89. The summed E-state index contributed by atoms with van der Waals surface area (Å²) >= 11 is 12.0. The van der Waals surface area contributed by atoms with Gasteiger partial charge in [0.05, 0.1) is 15.6 Å². The van der Waals surface area contributed by atoms with Crippen LogP contribution in [0.3, 0.4) is 0 Å². The summed E-state index contributed by atoms with van der Waals surface area (Å²) in [5.41, 5.74) is 0.246. The third-order valence-corrected chi connectivity index (χ3v) is 6.46. The van der Waals surface area contributed by atoms with E-state index in [1.165, 1.54) is 0 Å². The number of ether oxygens (including phenoxy) is 1. The van der Waals surface area contributed by atoms with Crippen molar-refractivity contribution in [1.29, 1.82) is 0 Å². The largest absolute Gasteiger partial charge is 0.444 e. The molecule has 2 aromatic carbocycles. The molecule has 0 radical (unpaired) electrons. The Morgan fingerprint density at radius 3 is 2.23 bits per heavy atom. The summed E-state index contributed by atoms with van der Waals surface area (Å²) < 4.78 is 29.0. The van der Waals surface area contributed by atoms with Crippen molar-refractivity contribution in [2.24, 2.45) is 5.14 Å². The van der Waals surface area contributed by atoms with E-state index in [9.17, 15) is 18.0 Å². The van der Waals surface area contributed by atoms with Gasteiger partial charge in [-0.25, -0.2) is 18.4 Å². The van der Waals surface area contributed by atoms with Crippen LogP contribution in [0, 0.1) is 0 Å². The number of amides is 1. The number of nitrogens with two attached hydrogens (primary N) is 1. The molecule has 7 nitrogen and oxygen atoms in total. The topological polar surface area (TPSA) is 107 Å². The van der Waals surface area contributed by atoms with Gasteiger partial charge in [-0.2, -0.15) is 0 Å². The van der Waals surface area contributed by atoms with E-state index < -0.39 is 27.0 Å². The monoisotopic (exact) mass is 470 g/mol. The van der Waals surface area contributed by atoms with Gasteiger partial charge in [-0.15, -0.1) is 0 Å². The molecular formula is C20H20Cl2N2O5S. The van der Waals surface area contributed by atoms with E-state index in [1.807, 2.05) is 0 Å². The van der Waals surface area contributed by atoms with Crippen LogP contribution in [0.4, 0.5) is 0 Å². The van der Waals surface area contributed by atoms with E-state index in [1.54, 1.807) is 35.2 Å². The van der Waals surface area contributed by atoms with Crippen molar-refractivity contribution >= 4 is 45.1 Å². The normalized spacial score (nSPS) is 15.5. The first-order valence-electron chi connectivity index (χ1n) is 9.25. The molecule has 1 aliphatic rings. The summed E-state index contributed by atoms with van der Waals surface area (Å²) in [6, 6.07) is 10.7. The molecule has 0 aromatic heterocycles. The standard InChI is InChI=1S/C20H20Cl2N2O5S/c21-15-12-16(22)17(30(23,27)28)11-14(15)20(26)29-18(13-7-3-1-4-8-13)19(25)24-9-5-2-6-10-24/h1,3-4,7-8,11-12,18H,2,5-6,9-10H2,(H2,23,27,28). The first-order chi connectivity index (χ1) is 14.2. The summed E-state index contributed by atoms with van der Waals surface area (Å²) in [6.45, 7) is 1.16. The van der Waals surface area contributed by atoms with E-state index in [-0.39, 0.29) is 21.5 Å². The van der Waals surface area contributed by atoms with Gasteiger partial charge in [-0.05, 0) is 31.4 Å². The Morgan fingerprint density at radius 2 is 1.63 bits per heavy atom. The zero-order valence-electron chi connectivity index (χ0n) is 15.9. The van der Waals surface area contributed by atoms with Gasteiger partial charge in [0.25, 0.3) is 5.91 Å². The number of rotatable bonds is 5. The van der Waals surface area contributed by atoms with Crippen LogP contribution in [-0.2, 0) is 19.6 Å². The molecule has 10 heteroatoms. The zero-order chi connectivity index (χ0) is 21.9. The molecule has 2 N–H and O–H groups in total. The summed E-state index contributed by atoms with van der Waals surface area (Å²) in [4.78, 5) is 27.2. The van der Waals surface area contributed by atoms with E-state index >= 15 is 0 Å². The Morgan fingerprint density at radius 1 is 1.00 bits per heavy atom. The molecule has 0 aliphatic carbocycles. The van der Waals surface area contributed by atoms with E-state index in [0.29, 0.717) is 18.7 Å². The maximum atomic E-state index is 13.1. The highest BCUT2D eigenvalue weighted by Gasteiger charge is 2.31. The Kier molecular flexibility index (Phi) is 7.02. The second-order valence-corrected chi connectivity index (χ2v) is 9.23. The minimum Gasteiger partial charge on any atom is -0.444 e. The first-order valence-corrected chi connectivity index (χ1v) is 11.6. The maximum Gasteiger partial charge on any atom is 0.340 e. The van der Waals surface area contributed by atoms with Crippen molar-refractivity contribution in [3.8, 4) is 0 Å². The molecule has 2 aromatic rings. The highest BCUT2D eigenvalue weighted by Crippen LogP contribution is 2.30. The second kappa shape index (κ2) is 9.34. The lowest BCUT2D eigenvalue weighted by molar-refractivity contribution is -0.142. The lowest BCUT2D eigenvalue weighted by atomic mass is 10.1. The lowest BCUT2D eigenvalue weighted by Crippen LogP contribution is -2.40. The Bertz CT molecular complexity index is 1050. The molecule has 1 unspecified atom stereocenters. The van der Waals surface area contributed by atoms with Crippen LogP contribution in [0.15, 0.2) is 47.4 Å². The van der Waals surface area contributed by atoms with Gasteiger partial charge in [0.2, 0.25) is 16.1 Å². The molecule has 1 aliphatic heterocycles. The molecule has 1 fully saturated rings. The van der Waals surface area contributed by atoms with Crippen molar-refractivity contribution in [2.75, 3.05) is 13.1 Å². The average Bonchev–Trinajstić information content (AvgIpc) is 2.71. The fraction of sp³-hybridized carbons (Fsp3) is 0.300. The Balaban J connectivity index is 1.95. The van der Waals surface area contributed by atoms with Gasteiger partial charge in [-0.3, -0.25) is 4.79 Å². The average molecular weight is 471 g/mol. The SMILES string of the molecule is NS(=O)(=O)c1cc(C(=O)OC(C(=O)N2CCCCC2)c2ccccc2)c(Cl)cc1Cl.